The van der Waals surface area contributed by atoms with E-state index >= 15 is 0 Å². The van der Waals surface area contributed by atoms with E-state index in [0.29, 0.717) is 19.6 Å². The third kappa shape index (κ3) is 5.53. The van der Waals surface area contributed by atoms with Gasteiger partial charge in [-0.1, -0.05) is 60.7 Å². The van der Waals surface area contributed by atoms with Gasteiger partial charge >= 0.3 is 0 Å². The number of hydrogen-bond acceptors (Lipinski definition) is 3. The van der Waals surface area contributed by atoms with Crippen molar-refractivity contribution in [3.63, 3.8) is 0 Å². The quantitative estimate of drug-likeness (QED) is 0.388. The van der Waals surface area contributed by atoms with E-state index in [0.717, 1.165) is 39.8 Å². The van der Waals surface area contributed by atoms with Crippen LogP contribution in [0, 0.1) is 0 Å². The first kappa shape index (κ1) is 20.7. The van der Waals surface area contributed by atoms with Gasteiger partial charge in [-0.05, 0) is 47.7 Å². The molecule has 0 aliphatic rings. The highest BCUT2D eigenvalue weighted by Crippen LogP contribution is 2.19. The van der Waals surface area contributed by atoms with Gasteiger partial charge in [-0.25, -0.2) is 0 Å². The Morgan fingerprint density at radius 1 is 0.935 bits per heavy atom. The fourth-order valence-electron chi connectivity index (χ4n) is 3.58. The first-order valence-electron chi connectivity index (χ1n) is 10.5. The first-order chi connectivity index (χ1) is 15.2. The standard InChI is InChI=1S/C26H27N3O2/c27-24(16-21-17-29-25-9-5-4-8-23(21)25)26(30)28-15-14-19-10-12-22(13-11-19)31-18-20-6-2-1-3-7-20/h1-13,17,24,29H,14-16,18,27H2,(H,28,30)/t24-/m0/s1. The van der Waals surface area contributed by atoms with Gasteiger partial charge in [0, 0.05) is 23.6 Å². The number of carbonyl (C=O) groups is 1. The van der Waals surface area contributed by atoms with Crippen molar-refractivity contribution in [2.45, 2.75) is 25.5 Å². The summed E-state index contributed by atoms with van der Waals surface area (Å²) in [6.45, 7) is 1.09. The minimum atomic E-state index is -0.576. The molecule has 0 saturated heterocycles. The summed E-state index contributed by atoms with van der Waals surface area (Å²) < 4.78 is 5.81. The maximum Gasteiger partial charge on any atom is 0.237 e. The predicted octanol–water partition coefficient (Wildman–Crippen LogP) is 3.98. The van der Waals surface area contributed by atoms with Crippen molar-refractivity contribution in [1.82, 2.24) is 10.3 Å². The molecule has 4 aromatic rings. The smallest absolute Gasteiger partial charge is 0.237 e. The second-order valence-corrected chi connectivity index (χ2v) is 7.63. The van der Waals surface area contributed by atoms with Crippen LogP contribution in [-0.2, 0) is 24.2 Å². The van der Waals surface area contributed by atoms with E-state index in [-0.39, 0.29) is 5.91 Å². The lowest BCUT2D eigenvalue weighted by Crippen LogP contribution is -2.42. The highest BCUT2D eigenvalue weighted by atomic mass is 16.5. The monoisotopic (exact) mass is 413 g/mol. The van der Waals surface area contributed by atoms with Crippen molar-refractivity contribution in [2.75, 3.05) is 6.54 Å². The second kappa shape index (κ2) is 9.96. The van der Waals surface area contributed by atoms with Crippen LogP contribution in [-0.4, -0.2) is 23.5 Å². The summed E-state index contributed by atoms with van der Waals surface area (Å²) in [5.41, 5.74) is 10.5. The minimum absolute atomic E-state index is 0.131. The van der Waals surface area contributed by atoms with Crippen LogP contribution in [0.15, 0.2) is 85.1 Å². The molecular weight excluding hydrogens is 386 g/mol. The molecule has 1 atom stereocenters. The first-order valence-corrected chi connectivity index (χ1v) is 10.5. The van der Waals surface area contributed by atoms with E-state index in [1.807, 2.05) is 85.1 Å². The van der Waals surface area contributed by atoms with Gasteiger partial charge in [-0.15, -0.1) is 0 Å². The topological polar surface area (TPSA) is 80.1 Å². The van der Waals surface area contributed by atoms with Gasteiger partial charge < -0.3 is 20.8 Å². The van der Waals surface area contributed by atoms with Crippen LogP contribution in [0.2, 0.25) is 0 Å². The van der Waals surface area contributed by atoms with Crippen LogP contribution in [0.5, 0.6) is 5.75 Å². The van der Waals surface area contributed by atoms with Gasteiger partial charge in [0.05, 0.1) is 6.04 Å². The molecule has 0 saturated carbocycles. The summed E-state index contributed by atoms with van der Waals surface area (Å²) in [4.78, 5) is 15.6. The number of benzene rings is 3. The number of hydrogen-bond donors (Lipinski definition) is 3. The summed E-state index contributed by atoms with van der Waals surface area (Å²) in [7, 11) is 0. The average Bonchev–Trinajstić information content (AvgIpc) is 3.22. The molecule has 0 bridgehead atoms. The zero-order valence-electron chi connectivity index (χ0n) is 17.4. The van der Waals surface area contributed by atoms with Gasteiger partial charge in [0.15, 0.2) is 0 Å². The molecule has 5 nitrogen and oxygen atoms in total. The van der Waals surface area contributed by atoms with Crippen molar-refractivity contribution in [3.8, 4) is 5.75 Å². The SMILES string of the molecule is N[C@@H](Cc1c[nH]c2ccccc12)C(=O)NCCc1ccc(OCc2ccccc2)cc1. The highest BCUT2D eigenvalue weighted by molar-refractivity contribution is 5.86. The van der Waals surface area contributed by atoms with Crippen molar-refractivity contribution >= 4 is 16.8 Å². The number of nitrogens with one attached hydrogen (secondary N) is 2. The molecule has 1 amide bonds. The van der Waals surface area contributed by atoms with Gasteiger partial charge in [0.1, 0.15) is 12.4 Å². The Kier molecular flexibility index (Phi) is 6.65. The Bertz CT molecular complexity index is 1120. The molecule has 0 aliphatic heterocycles. The van der Waals surface area contributed by atoms with Gasteiger partial charge in [-0.2, -0.15) is 0 Å². The number of fused-ring (bicyclic) bond motifs is 1. The van der Waals surface area contributed by atoms with E-state index in [9.17, 15) is 4.79 Å². The molecule has 0 unspecified atom stereocenters. The van der Waals surface area contributed by atoms with Crippen LogP contribution < -0.4 is 15.8 Å². The van der Waals surface area contributed by atoms with E-state index in [2.05, 4.69) is 10.3 Å². The van der Waals surface area contributed by atoms with Crippen molar-refractivity contribution in [1.29, 1.82) is 0 Å². The van der Waals surface area contributed by atoms with E-state index in [4.69, 9.17) is 10.5 Å². The third-order valence-electron chi connectivity index (χ3n) is 5.34. The van der Waals surface area contributed by atoms with Gasteiger partial charge in [0.2, 0.25) is 5.91 Å². The number of ether oxygens (including phenoxy) is 1. The Hall–Kier alpha value is -3.57. The number of H-pyrrole nitrogens is 1. The average molecular weight is 414 g/mol. The molecule has 4 N–H and O–H groups in total. The minimum Gasteiger partial charge on any atom is -0.489 e. The normalized spacial score (nSPS) is 11.9. The summed E-state index contributed by atoms with van der Waals surface area (Å²) in [5.74, 6) is 0.700. The third-order valence-corrected chi connectivity index (χ3v) is 5.34. The van der Waals surface area contributed by atoms with Gasteiger partial charge in [0.25, 0.3) is 0 Å². The molecular formula is C26H27N3O2. The van der Waals surface area contributed by atoms with Crippen molar-refractivity contribution in [3.05, 3.63) is 102 Å². The zero-order valence-corrected chi connectivity index (χ0v) is 17.4. The van der Waals surface area contributed by atoms with E-state index < -0.39 is 6.04 Å². The van der Waals surface area contributed by atoms with E-state index in [1.54, 1.807) is 0 Å². The fourth-order valence-corrected chi connectivity index (χ4v) is 3.58. The highest BCUT2D eigenvalue weighted by Gasteiger charge is 2.15. The molecule has 1 heterocycles. The summed E-state index contributed by atoms with van der Waals surface area (Å²) in [6.07, 6.45) is 3.17. The summed E-state index contributed by atoms with van der Waals surface area (Å²) in [5, 5.41) is 4.06. The van der Waals surface area contributed by atoms with Crippen LogP contribution in [0.4, 0.5) is 0 Å². The zero-order chi connectivity index (χ0) is 21.5. The number of aromatic amines is 1. The molecule has 31 heavy (non-hydrogen) atoms. The molecule has 5 heteroatoms. The number of amides is 1. The molecule has 0 radical (unpaired) electrons. The number of nitrogens with two attached hydrogens (primary N) is 1. The number of para-hydroxylation sites is 1. The molecule has 158 valence electrons. The number of aromatic nitrogens is 1. The lowest BCUT2D eigenvalue weighted by molar-refractivity contribution is -0.122. The molecule has 0 fully saturated rings. The van der Waals surface area contributed by atoms with Gasteiger partial charge in [-0.3, -0.25) is 4.79 Å². The van der Waals surface area contributed by atoms with Crippen LogP contribution in [0.3, 0.4) is 0 Å². The molecule has 3 aromatic carbocycles. The van der Waals surface area contributed by atoms with Crippen LogP contribution >= 0.6 is 0 Å². The number of carbonyl (C=O) groups excluding carboxylic acids is 1. The molecule has 0 spiro atoms. The molecule has 4 rings (SSSR count). The molecule has 0 aliphatic carbocycles. The fraction of sp³-hybridized carbons (Fsp3) is 0.192. The summed E-state index contributed by atoms with van der Waals surface area (Å²) in [6, 6.07) is 25.5. The van der Waals surface area contributed by atoms with Crippen LogP contribution in [0.25, 0.3) is 10.9 Å². The predicted molar refractivity (Wildman–Crippen MR) is 124 cm³/mol. The molecule has 1 aromatic heterocycles. The van der Waals surface area contributed by atoms with Crippen molar-refractivity contribution in [2.24, 2.45) is 5.73 Å². The van der Waals surface area contributed by atoms with E-state index in [1.165, 1.54) is 0 Å². The lowest BCUT2D eigenvalue weighted by atomic mass is 10.0. The Morgan fingerprint density at radius 2 is 1.68 bits per heavy atom. The Balaban J connectivity index is 1.21. The maximum atomic E-state index is 12.4. The second-order valence-electron chi connectivity index (χ2n) is 7.63. The van der Waals surface area contributed by atoms with Crippen LogP contribution in [0.1, 0.15) is 16.7 Å². The Labute approximate surface area is 182 Å². The van der Waals surface area contributed by atoms with Crippen molar-refractivity contribution < 1.29 is 9.53 Å². The summed E-state index contributed by atoms with van der Waals surface area (Å²) >= 11 is 0. The lowest BCUT2D eigenvalue weighted by Gasteiger charge is -2.12. The largest absolute Gasteiger partial charge is 0.489 e. The number of rotatable bonds is 9. The maximum absolute atomic E-state index is 12.4. The Morgan fingerprint density at radius 3 is 2.48 bits per heavy atom.